The van der Waals surface area contributed by atoms with Crippen LogP contribution in [0.1, 0.15) is 0 Å². The Hall–Kier alpha value is -2.46. The van der Waals surface area contributed by atoms with Gasteiger partial charge in [-0.25, -0.2) is 0 Å². The van der Waals surface area contributed by atoms with Crippen molar-refractivity contribution in [3.8, 4) is 11.3 Å². The van der Waals surface area contributed by atoms with Gasteiger partial charge in [0.25, 0.3) is 0 Å². The fraction of sp³-hybridized carbons (Fsp3) is 0.125. The zero-order chi connectivity index (χ0) is 13.8. The first kappa shape index (κ1) is 12.6. The Bertz CT molecular complexity index is 713. The van der Waals surface area contributed by atoms with Gasteiger partial charge in [-0.15, -0.1) is 10.2 Å². The summed E-state index contributed by atoms with van der Waals surface area (Å²) in [6, 6.07) is 17.8. The molecule has 0 bridgehead atoms. The Morgan fingerprint density at radius 2 is 1.65 bits per heavy atom. The number of anilines is 1. The number of aliphatic hydroxyl groups is 1. The number of rotatable bonds is 4. The number of aliphatic hydroxyl groups excluding tert-OH is 1. The van der Waals surface area contributed by atoms with E-state index in [4.69, 9.17) is 5.11 Å². The molecule has 3 aromatic rings. The zero-order valence-electron chi connectivity index (χ0n) is 11.0. The van der Waals surface area contributed by atoms with Crippen LogP contribution in [0.3, 0.4) is 0 Å². The zero-order valence-corrected chi connectivity index (χ0v) is 11.0. The van der Waals surface area contributed by atoms with Crippen LogP contribution in [0.15, 0.2) is 54.6 Å². The molecular formula is C16H15N3O. The lowest BCUT2D eigenvalue weighted by atomic mass is 10.1. The molecule has 0 aliphatic heterocycles. The van der Waals surface area contributed by atoms with Crippen molar-refractivity contribution in [3.63, 3.8) is 0 Å². The van der Waals surface area contributed by atoms with Gasteiger partial charge in [-0.05, 0) is 6.07 Å². The van der Waals surface area contributed by atoms with Gasteiger partial charge < -0.3 is 10.4 Å². The molecule has 3 rings (SSSR count). The first-order chi connectivity index (χ1) is 9.90. The fourth-order valence-corrected chi connectivity index (χ4v) is 2.21. The lowest BCUT2D eigenvalue weighted by molar-refractivity contribution is 0.311. The molecule has 4 heteroatoms. The highest BCUT2D eigenvalue weighted by Crippen LogP contribution is 2.31. The van der Waals surface area contributed by atoms with Gasteiger partial charge in [-0.1, -0.05) is 48.5 Å². The molecule has 4 nitrogen and oxygen atoms in total. The number of benzene rings is 2. The molecule has 2 N–H and O–H groups in total. The van der Waals surface area contributed by atoms with Crippen molar-refractivity contribution in [3.05, 3.63) is 54.6 Å². The van der Waals surface area contributed by atoms with Crippen LogP contribution in [0.5, 0.6) is 0 Å². The molecule has 0 unspecified atom stereocenters. The highest BCUT2D eigenvalue weighted by molar-refractivity contribution is 5.97. The minimum absolute atomic E-state index is 0.0743. The van der Waals surface area contributed by atoms with Crippen molar-refractivity contribution >= 4 is 16.6 Å². The first-order valence-electron chi connectivity index (χ1n) is 6.56. The molecule has 0 amide bonds. The molecule has 2 aromatic carbocycles. The Kier molecular flexibility index (Phi) is 3.56. The SMILES string of the molecule is OCCNc1c(-c2ccccc2)nnc2ccccc12. The lowest BCUT2D eigenvalue weighted by Crippen LogP contribution is -2.08. The van der Waals surface area contributed by atoms with E-state index in [1.54, 1.807) is 0 Å². The van der Waals surface area contributed by atoms with Gasteiger partial charge in [-0.3, -0.25) is 0 Å². The maximum Gasteiger partial charge on any atom is 0.117 e. The summed E-state index contributed by atoms with van der Waals surface area (Å²) in [5.41, 5.74) is 3.56. The second-order valence-electron chi connectivity index (χ2n) is 4.46. The van der Waals surface area contributed by atoms with Gasteiger partial charge in [0.2, 0.25) is 0 Å². The van der Waals surface area contributed by atoms with Crippen molar-refractivity contribution in [2.75, 3.05) is 18.5 Å². The molecule has 0 saturated heterocycles. The summed E-state index contributed by atoms with van der Waals surface area (Å²) in [6.45, 7) is 0.556. The summed E-state index contributed by atoms with van der Waals surface area (Å²) in [5, 5.41) is 21.9. The predicted octanol–water partition coefficient (Wildman–Crippen LogP) is 2.70. The monoisotopic (exact) mass is 265 g/mol. The molecule has 0 fully saturated rings. The van der Waals surface area contributed by atoms with Crippen LogP contribution in [0.25, 0.3) is 22.2 Å². The Morgan fingerprint density at radius 1 is 0.900 bits per heavy atom. The lowest BCUT2D eigenvalue weighted by Gasteiger charge is -2.12. The fourth-order valence-electron chi connectivity index (χ4n) is 2.21. The molecule has 0 atom stereocenters. The van der Waals surface area contributed by atoms with E-state index in [1.807, 2.05) is 54.6 Å². The number of nitrogens with one attached hydrogen (secondary N) is 1. The summed E-state index contributed by atoms with van der Waals surface area (Å²) in [5.74, 6) is 0. The van der Waals surface area contributed by atoms with Crippen LogP contribution >= 0.6 is 0 Å². The summed E-state index contributed by atoms with van der Waals surface area (Å²) >= 11 is 0. The van der Waals surface area contributed by atoms with Gasteiger partial charge >= 0.3 is 0 Å². The van der Waals surface area contributed by atoms with Gasteiger partial charge in [0.1, 0.15) is 5.69 Å². The molecule has 1 aromatic heterocycles. The maximum atomic E-state index is 9.06. The molecule has 0 radical (unpaired) electrons. The predicted molar refractivity (Wildman–Crippen MR) is 80.5 cm³/mol. The summed E-state index contributed by atoms with van der Waals surface area (Å²) in [4.78, 5) is 0. The van der Waals surface area contributed by atoms with Crippen molar-refractivity contribution < 1.29 is 5.11 Å². The van der Waals surface area contributed by atoms with E-state index in [0.29, 0.717) is 6.54 Å². The second kappa shape index (κ2) is 5.67. The molecule has 0 spiro atoms. The van der Waals surface area contributed by atoms with Crippen LogP contribution in [-0.4, -0.2) is 28.5 Å². The number of hydrogen-bond donors (Lipinski definition) is 2. The van der Waals surface area contributed by atoms with E-state index >= 15 is 0 Å². The minimum atomic E-state index is 0.0743. The van der Waals surface area contributed by atoms with E-state index < -0.39 is 0 Å². The van der Waals surface area contributed by atoms with E-state index in [1.165, 1.54) is 0 Å². The highest BCUT2D eigenvalue weighted by atomic mass is 16.3. The van der Waals surface area contributed by atoms with Crippen LogP contribution in [0.4, 0.5) is 5.69 Å². The average molecular weight is 265 g/mol. The Labute approximate surface area is 117 Å². The highest BCUT2D eigenvalue weighted by Gasteiger charge is 2.11. The summed E-state index contributed by atoms with van der Waals surface area (Å²) in [7, 11) is 0. The quantitative estimate of drug-likeness (QED) is 0.761. The van der Waals surface area contributed by atoms with Gasteiger partial charge in [0.05, 0.1) is 17.8 Å². The summed E-state index contributed by atoms with van der Waals surface area (Å²) < 4.78 is 0. The number of fused-ring (bicyclic) bond motifs is 1. The minimum Gasteiger partial charge on any atom is -0.395 e. The normalized spacial score (nSPS) is 10.7. The number of aromatic nitrogens is 2. The molecule has 1 heterocycles. The van der Waals surface area contributed by atoms with E-state index in [9.17, 15) is 0 Å². The third-order valence-electron chi connectivity index (χ3n) is 3.13. The molecular weight excluding hydrogens is 250 g/mol. The van der Waals surface area contributed by atoms with Crippen molar-refractivity contribution in [1.82, 2.24) is 10.2 Å². The third-order valence-corrected chi connectivity index (χ3v) is 3.13. The van der Waals surface area contributed by atoms with Crippen molar-refractivity contribution in [1.29, 1.82) is 0 Å². The van der Waals surface area contributed by atoms with Crippen molar-refractivity contribution in [2.24, 2.45) is 0 Å². The molecule has 0 aliphatic rings. The summed E-state index contributed by atoms with van der Waals surface area (Å²) in [6.07, 6.45) is 0. The third kappa shape index (κ3) is 2.33. The molecule has 0 saturated carbocycles. The molecule has 20 heavy (non-hydrogen) atoms. The van der Waals surface area contributed by atoms with Gasteiger partial charge in [0, 0.05) is 17.5 Å². The van der Waals surface area contributed by atoms with E-state index in [0.717, 1.165) is 27.8 Å². The van der Waals surface area contributed by atoms with Crippen LogP contribution in [-0.2, 0) is 0 Å². The topological polar surface area (TPSA) is 58.0 Å². The van der Waals surface area contributed by atoms with Crippen LogP contribution in [0.2, 0.25) is 0 Å². The average Bonchev–Trinajstić information content (AvgIpc) is 2.53. The standard InChI is InChI=1S/C16H15N3O/c20-11-10-17-16-13-8-4-5-9-14(13)18-19-15(16)12-6-2-1-3-7-12/h1-9,20H,10-11H2,(H,17,18). The Balaban J connectivity index is 2.20. The number of nitrogens with zero attached hydrogens (tertiary/aromatic N) is 2. The smallest absolute Gasteiger partial charge is 0.117 e. The molecule has 100 valence electrons. The first-order valence-corrected chi connectivity index (χ1v) is 6.56. The largest absolute Gasteiger partial charge is 0.395 e. The van der Waals surface area contributed by atoms with E-state index in [2.05, 4.69) is 15.5 Å². The van der Waals surface area contributed by atoms with Gasteiger partial charge in [-0.2, -0.15) is 0 Å². The maximum absolute atomic E-state index is 9.06. The van der Waals surface area contributed by atoms with Crippen LogP contribution in [0, 0.1) is 0 Å². The number of hydrogen-bond acceptors (Lipinski definition) is 4. The van der Waals surface area contributed by atoms with Crippen LogP contribution < -0.4 is 5.32 Å². The van der Waals surface area contributed by atoms with Crippen molar-refractivity contribution in [2.45, 2.75) is 0 Å². The Morgan fingerprint density at radius 3 is 2.45 bits per heavy atom. The molecule has 0 aliphatic carbocycles. The second-order valence-corrected chi connectivity index (χ2v) is 4.46. The van der Waals surface area contributed by atoms with E-state index in [-0.39, 0.29) is 6.61 Å². The van der Waals surface area contributed by atoms with Gasteiger partial charge in [0.15, 0.2) is 0 Å².